The molecule has 0 fully saturated rings. The molecule has 0 saturated carbocycles. The van der Waals surface area contributed by atoms with E-state index >= 15 is 0 Å². The van der Waals surface area contributed by atoms with Crippen molar-refractivity contribution in [2.45, 2.75) is 90.2 Å². The summed E-state index contributed by atoms with van der Waals surface area (Å²) in [5.41, 5.74) is -1.01. The number of halogens is 3. The van der Waals surface area contributed by atoms with Crippen molar-refractivity contribution in [2.24, 2.45) is 17.3 Å². The van der Waals surface area contributed by atoms with Crippen LogP contribution < -0.4 is 0 Å². The van der Waals surface area contributed by atoms with Gasteiger partial charge in [0.2, 0.25) is 3.79 Å². The van der Waals surface area contributed by atoms with E-state index in [1.807, 2.05) is 34.6 Å². The first kappa shape index (κ1) is 30.5. The molecule has 0 unspecified atom stereocenters. The zero-order valence-electron chi connectivity index (χ0n) is 19.7. The lowest BCUT2D eigenvalue weighted by Gasteiger charge is -2.38. The molecule has 0 bridgehead atoms. The summed E-state index contributed by atoms with van der Waals surface area (Å²) in [4.78, 5) is 25.7. The Labute approximate surface area is 201 Å². The molecule has 3 atom stereocenters. The van der Waals surface area contributed by atoms with Gasteiger partial charge in [-0.1, -0.05) is 54.7 Å². The number of carbonyl (C=O) groups is 2. The molecule has 0 aliphatic heterocycles. The molecule has 31 heavy (non-hydrogen) atoms. The van der Waals surface area contributed by atoms with Gasteiger partial charge >= 0.3 is 6.16 Å². The van der Waals surface area contributed by atoms with Gasteiger partial charge in [0, 0.05) is 0 Å². The first-order valence-electron chi connectivity index (χ1n) is 10.4. The fourth-order valence-corrected chi connectivity index (χ4v) is 3.28. The summed E-state index contributed by atoms with van der Waals surface area (Å²) in [5.74, 6) is -1.06. The molecule has 0 saturated heterocycles. The molecule has 0 heterocycles. The third-order valence-corrected chi connectivity index (χ3v) is 4.93. The lowest BCUT2D eigenvalue weighted by atomic mass is 9.76. The van der Waals surface area contributed by atoms with Gasteiger partial charge < -0.3 is 18.9 Å². The molecule has 0 aromatic rings. The molecule has 9 heteroatoms. The lowest BCUT2D eigenvalue weighted by molar-refractivity contribution is -0.229. The molecular formula is C22H37Cl3O6. The summed E-state index contributed by atoms with van der Waals surface area (Å²) < 4.78 is 20.4. The number of ether oxygens (including phenoxy) is 4. The van der Waals surface area contributed by atoms with E-state index < -0.39 is 40.3 Å². The molecule has 0 aliphatic carbocycles. The number of ketones is 1. The minimum Gasteiger partial charge on any atom is -0.430 e. The van der Waals surface area contributed by atoms with Crippen LogP contribution in [0.5, 0.6) is 0 Å². The first-order chi connectivity index (χ1) is 14.0. The van der Waals surface area contributed by atoms with E-state index in [1.165, 1.54) is 0 Å². The molecule has 0 radical (unpaired) electrons. The second-order valence-electron chi connectivity index (χ2n) is 8.81. The minimum atomic E-state index is -1.76. The Kier molecular flexibility index (Phi) is 13.0. The zero-order valence-corrected chi connectivity index (χ0v) is 22.0. The second-order valence-corrected chi connectivity index (χ2v) is 11.3. The summed E-state index contributed by atoms with van der Waals surface area (Å²) in [7, 11) is 0. The smallest absolute Gasteiger partial charge is 0.430 e. The van der Waals surface area contributed by atoms with Gasteiger partial charge in [-0.05, 0) is 53.9 Å². The minimum absolute atomic E-state index is 0.144. The van der Waals surface area contributed by atoms with Gasteiger partial charge in [-0.15, -0.1) is 6.58 Å². The maximum atomic E-state index is 13.5. The summed E-state index contributed by atoms with van der Waals surface area (Å²) in [6, 6.07) is 0. The highest BCUT2D eigenvalue weighted by molar-refractivity contribution is 6.67. The van der Waals surface area contributed by atoms with E-state index in [0.717, 1.165) is 0 Å². The molecule has 0 amide bonds. The van der Waals surface area contributed by atoms with Crippen molar-refractivity contribution in [1.29, 1.82) is 0 Å². The molecule has 0 rings (SSSR count). The van der Waals surface area contributed by atoms with Gasteiger partial charge in [0.1, 0.15) is 18.5 Å². The Balaban J connectivity index is 5.67. The summed E-state index contributed by atoms with van der Waals surface area (Å²) in [6.07, 6.45) is -0.639. The number of allylic oxidation sites excluding steroid dienone is 1. The second kappa shape index (κ2) is 13.2. The number of hydrogen-bond acceptors (Lipinski definition) is 6. The van der Waals surface area contributed by atoms with Crippen molar-refractivity contribution >= 4 is 46.7 Å². The number of rotatable bonds is 13. The van der Waals surface area contributed by atoms with Gasteiger partial charge in [-0.25, -0.2) is 4.79 Å². The SMILES string of the molecule is C=CC[C@H](C)[C@@H](OC(=O)OCC(Cl)(Cl)Cl)[C@H](C)C(=O)C(C)(C)C(OC(C)C)OC(C)C. The third kappa shape index (κ3) is 11.2. The van der Waals surface area contributed by atoms with Gasteiger partial charge in [0.15, 0.2) is 6.29 Å². The largest absolute Gasteiger partial charge is 0.508 e. The van der Waals surface area contributed by atoms with E-state index in [2.05, 4.69) is 6.58 Å². The Hall–Kier alpha value is -0.530. The van der Waals surface area contributed by atoms with Crippen LogP contribution in [0, 0.1) is 17.3 Å². The monoisotopic (exact) mass is 502 g/mol. The van der Waals surface area contributed by atoms with Gasteiger partial charge in [-0.3, -0.25) is 4.79 Å². The number of hydrogen-bond donors (Lipinski definition) is 0. The van der Waals surface area contributed by atoms with Gasteiger partial charge in [-0.2, -0.15) is 0 Å². The van der Waals surface area contributed by atoms with Crippen LogP contribution in [0.2, 0.25) is 0 Å². The van der Waals surface area contributed by atoms with Crippen LogP contribution in [0.15, 0.2) is 12.7 Å². The van der Waals surface area contributed by atoms with Gasteiger partial charge in [0.05, 0.1) is 23.5 Å². The molecule has 0 aromatic heterocycles. The Bertz CT molecular complexity index is 576. The molecule has 182 valence electrons. The van der Waals surface area contributed by atoms with Gasteiger partial charge in [0.25, 0.3) is 0 Å². The Morgan fingerprint density at radius 1 is 0.968 bits per heavy atom. The molecular weight excluding hydrogens is 467 g/mol. The predicted octanol–water partition coefficient (Wildman–Crippen LogP) is 6.50. The first-order valence-corrected chi connectivity index (χ1v) is 11.5. The molecule has 6 nitrogen and oxygen atoms in total. The van der Waals surface area contributed by atoms with Crippen molar-refractivity contribution < 1.29 is 28.5 Å². The topological polar surface area (TPSA) is 71.1 Å². The van der Waals surface area contributed by atoms with Crippen molar-refractivity contribution in [3.8, 4) is 0 Å². The normalized spacial score (nSPS) is 15.7. The van der Waals surface area contributed by atoms with Crippen molar-refractivity contribution in [3.63, 3.8) is 0 Å². The van der Waals surface area contributed by atoms with Crippen LogP contribution in [-0.2, 0) is 23.7 Å². The van der Waals surface area contributed by atoms with Crippen molar-refractivity contribution in [1.82, 2.24) is 0 Å². The lowest BCUT2D eigenvalue weighted by Crippen LogP contribution is -2.49. The summed E-state index contributed by atoms with van der Waals surface area (Å²) >= 11 is 16.9. The fraction of sp³-hybridized carbons (Fsp3) is 0.818. The van der Waals surface area contributed by atoms with Crippen LogP contribution in [-0.4, -0.2) is 46.9 Å². The molecule has 0 aliphatic rings. The predicted molar refractivity (Wildman–Crippen MR) is 125 cm³/mol. The Morgan fingerprint density at radius 2 is 1.45 bits per heavy atom. The van der Waals surface area contributed by atoms with Crippen LogP contribution in [0.4, 0.5) is 4.79 Å². The highest BCUT2D eigenvalue weighted by Gasteiger charge is 2.45. The highest BCUT2D eigenvalue weighted by Crippen LogP contribution is 2.34. The van der Waals surface area contributed by atoms with Crippen molar-refractivity contribution in [3.05, 3.63) is 12.7 Å². The van der Waals surface area contributed by atoms with Crippen LogP contribution >= 0.6 is 34.8 Å². The van der Waals surface area contributed by atoms with E-state index in [4.69, 9.17) is 53.8 Å². The van der Waals surface area contributed by atoms with E-state index in [9.17, 15) is 9.59 Å². The number of Topliss-reactive ketones (excluding diaryl/α,β-unsaturated/α-hetero) is 1. The molecule has 0 aromatic carbocycles. The van der Waals surface area contributed by atoms with E-state index in [0.29, 0.717) is 6.42 Å². The standard InChI is InChI=1S/C22H37Cl3O6/c1-10-11-15(6)17(31-20(27)28-12-22(23,24)25)16(7)18(26)21(8,9)19(29-13(2)3)30-14(4)5/h10,13-17,19H,1,11-12H2,2-9H3/t15-,16-,17+/m0/s1. The van der Waals surface area contributed by atoms with Crippen LogP contribution in [0.3, 0.4) is 0 Å². The maximum Gasteiger partial charge on any atom is 0.508 e. The average molecular weight is 504 g/mol. The van der Waals surface area contributed by atoms with E-state index in [1.54, 1.807) is 26.8 Å². The van der Waals surface area contributed by atoms with Crippen molar-refractivity contribution in [2.75, 3.05) is 6.61 Å². The highest BCUT2D eigenvalue weighted by atomic mass is 35.6. The van der Waals surface area contributed by atoms with Crippen LogP contribution in [0.1, 0.15) is 61.8 Å². The van der Waals surface area contributed by atoms with Crippen LogP contribution in [0.25, 0.3) is 0 Å². The number of carbonyl (C=O) groups excluding carboxylic acids is 2. The maximum absolute atomic E-state index is 13.5. The fourth-order valence-electron chi connectivity index (χ4n) is 3.11. The molecule has 0 N–H and O–H groups in total. The average Bonchev–Trinajstić information content (AvgIpc) is 2.61. The molecule has 0 spiro atoms. The summed E-state index contributed by atoms with van der Waals surface area (Å²) in [6.45, 7) is 17.8. The zero-order chi connectivity index (χ0) is 24.6. The Morgan fingerprint density at radius 3 is 1.84 bits per heavy atom. The summed E-state index contributed by atoms with van der Waals surface area (Å²) in [5, 5.41) is 0. The quantitative estimate of drug-likeness (QED) is 0.124. The van der Waals surface area contributed by atoms with E-state index in [-0.39, 0.29) is 23.9 Å². The number of alkyl halides is 3. The third-order valence-electron chi connectivity index (χ3n) is 4.61.